The summed E-state index contributed by atoms with van der Waals surface area (Å²) in [5, 5.41) is 2.70. The summed E-state index contributed by atoms with van der Waals surface area (Å²) in [6.45, 7) is 1.21. The summed E-state index contributed by atoms with van der Waals surface area (Å²) in [4.78, 5) is 2.55. The molecule has 1 aliphatic heterocycles. The molecule has 1 fully saturated rings. The molecular weight excluding hydrogens is 228 g/mol. The molecule has 2 atom stereocenters. The molecule has 86 valence electrons. The summed E-state index contributed by atoms with van der Waals surface area (Å²) in [6.07, 6.45) is 7.13. The standard InChI is InChI=1S/C14H14N2S/c1-4-8-13-10(5-1)9-16(13)14-11-6-2-3-7-12(11)15-17-14/h1-4,6-7,10,13H,5,8-9H2/t10-,13-/m0/s1. The third-order valence-corrected chi connectivity index (χ3v) is 4.90. The van der Waals surface area contributed by atoms with Gasteiger partial charge in [0.2, 0.25) is 0 Å². The zero-order chi connectivity index (χ0) is 11.2. The van der Waals surface area contributed by atoms with Crippen molar-refractivity contribution in [1.82, 2.24) is 4.37 Å². The molecule has 1 saturated heterocycles. The van der Waals surface area contributed by atoms with E-state index in [1.54, 1.807) is 11.5 Å². The van der Waals surface area contributed by atoms with Gasteiger partial charge in [-0.2, -0.15) is 4.37 Å². The topological polar surface area (TPSA) is 16.1 Å². The maximum atomic E-state index is 4.54. The normalized spacial score (nSPS) is 26.9. The number of fused-ring (bicyclic) bond motifs is 2. The lowest BCUT2D eigenvalue weighted by Gasteiger charge is -2.50. The smallest absolute Gasteiger partial charge is 0.120 e. The quantitative estimate of drug-likeness (QED) is 0.712. The van der Waals surface area contributed by atoms with Crippen LogP contribution in [-0.2, 0) is 0 Å². The predicted molar refractivity (Wildman–Crippen MR) is 72.6 cm³/mol. The summed E-state index contributed by atoms with van der Waals surface area (Å²) in [7, 11) is 0. The highest BCUT2D eigenvalue weighted by molar-refractivity contribution is 7.11. The minimum Gasteiger partial charge on any atom is -0.358 e. The fraction of sp³-hybridized carbons (Fsp3) is 0.357. The van der Waals surface area contributed by atoms with Gasteiger partial charge >= 0.3 is 0 Å². The first-order chi connectivity index (χ1) is 8.43. The van der Waals surface area contributed by atoms with Crippen LogP contribution in [0.5, 0.6) is 0 Å². The monoisotopic (exact) mass is 242 g/mol. The van der Waals surface area contributed by atoms with E-state index in [4.69, 9.17) is 0 Å². The van der Waals surface area contributed by atoms with Crippen molar-refractivity contribution >= 4 is 27.4 Å². The van der Waals surface area contributed by atoms with Gasteiger partial charge in [-0.3, -0.25) is 0 Å². The molecule has 0 saturated carbocycles. The van der Waals surface area contributed by atoms with E-state index in [-0.39, 0.29) is 0 Å². The van der Waals surface area contributed by atoms with Crippen molar-refractivity contribution < 1.29 is 0 Å². The van der Waals surface area contributed by atoms with Crippen LogP contribution in [0.2, 0.25) is 0 Å². The molecule has 2 aliphatic rings. The molecule has 0 amide bonds. The van der Waals surface area contributed by atoms with Gasteiger partial charge in [0.25, 0.3) is 0 Å². The van der Waals surface area contributed by atoms with E-state index < -0.39 is 0 Å². The molecule has 3 heteroatoms. The highest BCUT2D eigenvalue weighted by atomic mass is 32.1. The average molecular weight is 242 g/mol. The highest BCUT2D eigenvalue weighted by Crippen LogP contribution is 2.42. The lowest BCUT2D eigenvalue weighted by Crippen LogP contribution is -2.56. The number of hydrogen-bond donors (Lipinski definition) is 0. The van der Waals surface area contributed by atoms with Gasteiger partial charge in [-0.15, -0.1) is 0 Å². The molecular formula is C14H14N2S. The Balaban J connectivity index is 1.74. The van der Waals surface area contributed by atoms with Gasteiger partial charge in [0, 0.05) is 23.9 Å². The Morgan fingerprint density at radius 2 is 2.06 bits per heavy atom. The Kier molecular flexibility index (Phi) is 2.03. The van der Waals surface area contributed by atoms with Gasteiger partial charge in [-0.1, -0.05) is 24.3 Å². The van der Waals surface area contributed by atoms with Crippen LogP contribution in [0.3, 0.4) is 0 Å². The highest BCUT2D eigenvalue weighted by Gasteiger charge is 2.39. The van der Waals surface area contributed by atoms with Gasteiger partial charge in [0.15, 0.2) is 0 Å². The molecule has 17 heavy (non-hydrogen) atoms. The molecule has 2 nitrogen and oxygen atoms in total. The fourth-order valence-electron chi connectivity index (χ4n) is 3.00. The molecule has 2 aromatic rings. The zero-order valence-corrected chi connectivity index (χ0v) is 10.4. The zero-order valence-electron chi connectivity index (χ0n) is 9.54. The van der Waals surface area contributed by atoms with Gasteiger partial charge in [-0.25, -0.2) is 0 Å². The number of rotatable bonds is 1. The second-order valence-corrected chi connectivity index (χ2v) is 5.68. The van der Waals surface area contributed by atoms with E-state index in [1.807, 2.05) is 0 Å². The second kappa shape index (κ2) is 3.57. The Morgan fingerprint density at radius 1 is 1.18 bits per heavy atom. The van der Waals surface area contributed by atoms with Crippen molar-refractivity contribution in [3.63, 3.8) is 0 Å². The van der Waals surface area contributed by atoms with Crippen LogP contribution in [0.4, 0.5) is 5.00 Å². The SMILES string of the molecule is C1=CC[C@H]2[C@@H](C1)CN2c1snc2ccccc12. The Bertz CT molecular complexity index is 587. The number of anilines is 1. The Morgan fingerprint density at radius 3 is 3.00 bits per heavy atom. The van der Waals surface area contributed by atoms with Crippen LogP contribution in [0.15, 0.2) is 36.4 Å². The lowest BCUT2D eigenvalue weighted by molar-refractivity contribution is 0.288. The third-order valence-electron chi connectivity index (χ3n) is 3.98. The molecule has 0 spiro atoms. The van der Waals surface area contributed by atoms with Crippen LogP contribution in [-0.4, -0.2) is 17.0 Å². The first-order valence-corrected chi connectivity index (χ1v) is 6.97. The maximum Gasteiger partial charge on any atom is 0.120 e. The van der Waals surface area contributed by atoms with E-state index in [2.05, 4.69) is 45.7 Å². The minimum absolute atomic E-state index is 0.726. The second-order valence-electron chi connectivity index (χ2n) is 4.93. The number of hydrogen-bond acceptors (Lipinski definition) is 3. The number of allylic oxidation sites excluding steroid dienone is 1. The summed E-state index contributed by atoms with van der Waals surface area (Å²) in [6, 6.07) is 9.20. The maximum absolute atomic E-state index is 4.54. The Hall–Kier alpha value is -1.35. The molecule has 1 aliphatic carbocycles. The molecule has 0 radical (unpaired) electrons. The first-order valence-electron chi connectivity index (χ1n) is 6.19. The van der Waals surface area contributed by atoms with Crippen molar-refractivity contribution in [2.75, 3.05) is 11.4 Å². The van der Waals surface area contributed by atoms with Gasteiger partial charge < -0.3 is 4.90 Å². The van der Waals surface area contributed by atoms with Crippen LogP contribution >= 0.6 is 11.5 Å². The van der Waals surface area contributed by atoms with Crippen molar-refractivity contribution in [3.05, 3.63) is 36.4 Å². The van der Waals surface area contributed by atoms with Gasteiger partial charge in [0.05, 0.1) is 5.52 Å². The fourth-order valence-corrected chi connectivity index (χ4v) is 3.93. The van der Waals surface area contributed by atoms with Crippen LogP contribution in [0, 0.1) is 5.92 Å². The molecule has 0 bridgehead atoms. The third kappa shape index (κ3) is 1.35. The molecule has 4 rings (SSSR count). The van der Waals surface area contributed by atoms with Crippen LogP contribution in [0.25, 0.3) is 10.9 Å². The molecule has 1 aromatic carbocycles. The largest absolute Gasteiger partial charge is 0.358 e. The minimum atomic E-state index is 0.726. The van der Waals surface area contributed by atoms with E-state index in [0.29, 0.717) is 0 Å². The first kappa shape index (κ1) is 9.66. The van der Waals surface area contributed by atoms with E-state index in [9.17, 15) is 0 Å². The van der Waals surface area contributed by atoms with Crippen molar-refractivity contribution in [3.8, 4) is 0 Å². The van der Waals surface area contributed by atoms with E-state index >= 15 is 0 Å². The van der Waals surface area contributed by atoms with E-state index in [0.717, 1.165) is 17.5 Å². The van der Waals surface area contributed by atoms with Gasteiger partial charge in [0.1, 0.15) is 5.00 Å². The van der Waals surface area contributed by atoms with Crippen LogP contribution < -0.4 is 4.90 Å². The van der Waals surface area contributed by atoms with Crippen molar-refractivity contribution in [1.29, 1.82) is 0 Å². The molecule has 1 aromatic heterocycles. The molecule has 0 N–H and O–H groups in total. The number of nitrogens with zero attached hydrogens (tertiary/aromatic N) is 2. The average Bonchev–Trinajstić information content (AvgIpc) is 2.75. The predicted octanol–water partition coefficient (Wildman–Crippen LogP) is 3.45. The number of aromatic nitrogens is 1. The summed E-state index contributed by atoms with van der Waals surface area (Å²) in [5.74, 6) is 0.876. The number of benzene rings is 1. The molecule has 2 heterocycles. The van der Waals surface area contributed by atoms with Crippen molar-refractivity contribution in [2.45, 2.75) is 18.9 Å². The summed E-state index contributed by atoms with van der Waals surface area (Å²) >= 11 is 1.65. The lowest BCUT2D eigenvalue weighted by atomic mass is 9.80. The van der Waals surface area contributed by atoms with Crippen LogP contribution in [0.1, 0.15) is 12.8 Å². The van der Waals surface area contributed by atoms with Gasteiger partial charge in [-0.05, 0) is 36.5 Å². The Labute approximate surface area is 105 Å². The van der Waals surface area contributed by atoms with E-state index in [1.165, 1.54) is 29.8 Å². The summed E-state index contributed by atoms with van der Waals surface area (Å²) in [5.41, 5.74) is 1.14. The van der Waals surface area contributed by atoms with Crippen molar-refractivity contribution in [2.24, 2.45) is 5.92 Å². The summed E-state index contributed by atoms with van der Waals surface area (Å²) < 4.78 is 4.54. The molecule has 0 unspecified atom stereocenters.